The third-order valence-corrected chi connectivity index (χ3v) is 2.13. The van der Waals surface area contributed by atoms with Crippen LogP contribution in [0.2, 0.25) is 0 Å². The number of hydrogen-bond donors (Lipinski definition) is 1. The van der Waals surface area contributed by atoms with Gasteiger partial charge in [0.2, 0.25) is 0 Å². The maximum Gasteiger partial charge on any atom is 0.313 e. The van der Waals surface area contributed by atoms with Gasteiger partial charge in [-0.1, -0.05) is 13.0 Å². The highest BCUT2D eigenvalue weighted by molar-refractivity contribution is 5.80. The van der Waals surface area contributed by atoms with Gasteiger partial charge in [0.05, 0.1) is 5.41 Å². The molecule has 0 aliphatic heterocycles. The third kappa shape index (κ3) is 0.661. The van der Waals surface area contributed by atoms with Gasteiger partial charge in [-0.3, -0.25) is 4.79 Å². The van der Waals surface area contributed by atoms with E-state index in [1.165, 1.54) is 0 Å². The Labute approximate surface area is 54.2 Å². The van der Waals surface area contributed by atoms with Crippen molar-refractivity contribution in [3.8, 4) is 0 Å². The quantitative estimate of drug-likeness (QED) is 0.566. The molecular formula is C7H10O2. The fraction of sp³-hybridized carbons (Fsp3) is 0.571. The molecule has 1 saturated carbocycles. The minimum absolute atomic E-state index is 0.285. The van der Waals surface area contributed by atoms with E-state index in [2.05, 4.69) is 6.58 Å². The number of carbonyl (C=O) groups is 1. The lowest BCUT2D eigenvalue weighted by molar-refractivity contribution is -0.141. The lowest BCUT2D eigenvalue weighted by Crippen LogP contribution is -2.13. The summed E-state index contributed by atoms with van der Waals surface area (Å²) in [6.45, 7) is 5.41. The molecule has 2 heteroatoms. The first kappa shape index (κ1) is 6.33. The molecular weight excluding hydrogens is 116 g/mol. The van der Waals surface area contributed by atoms with Crippen molar-refractivity contribution >= 4 is 5.97 Å². The van der Waals surface area contributed by atoms with Crippen LogP contribution in [0.1, 0.15) is 13.3 Å². The zero-order valence-corrected chi connectivity index (χ0v) is 5.42. The van der Waals surface area contributed by atoms with E-state index in [1.807, 2.05) is 6.92 Å². The van der Waals surface area contributed by atoms with Crippen LogP contribution in [0.4, 0.5) is 0 Å². The lowest BCUT2D eigenvalue weighted by atomic mass is 10.1. The molecule has 0 bridgehead atoms. The molecule has 0 unspecified atom stereocenters. The molecule has 1 aliphatic rings. The number of carboxylic acids is 1. The van der Waals surface area contributed by atoms with Gasteiger partial charge >= 0.3 is 5.97 Å². The number of rotatable bonds is 2. The molecule has 0 saturated heterocycles. The molecule has 0 amide bonds. The van der Waals surface area contributed by atoms with Crippen LogP contribution in [0.15, 0.2) is 12.7 Å². The highest BCUT2D eigenvalue weighted by Crippen LogP contribution is 2.53. The van der Waals surface area contributed by atoms with Crippen LogP contribution in [0.3, 0.4) is 0 Å². The Hall–Kier alpha value is -0.790. The van der Waals surface area contributed by atoms with Gasteiger partial charge in [-0.25, -0.2) is 0 Å². The van der Waals surface area contributed by atoms with Crippen LogP contribution in [-0.4, -0.2) is 11.1 Å². The van der Waals surface area contributed by atoms with Crippen molar-refractivity contribution in [3.63, 3.8) is 0 Å². The third-order valence-electron chi connectivity index (χ3n) is 2.13. The first-order valence-electron chi connectivity index (χ1n) is 3.00. The van der Waals surface area contributed by atoms with Crippen molar-refractivity contribution in [3.05, 3.63) is 12.7 Å². The summed E-state index contributed by atoms with van der Waals surface area (Å²) in [4.78, 5) is 10.5. The lowest BCUT2D eigenvalue weighted by Gasteiger charge is -2.00. The van der Waals surface area contributed by atoms with E-state index < -0.39 is 11.4 Å². The molecule has 1 fully saturated rings. The molecule has 0 heterocycles. The molecule has 1 rings (SSSR count). The predicted octanol–water partition coefficient (Wildman–Crippen LogP) is 1.28. The van der Waals surface area contributed by atoms with Crippen LogP contribution in [0.5, 0.6) is 0 Å². The normalized spacial score (nSPS) is 39.9. The maximum atomic E-state index is 10.5. The molecule has 1 N–H and O–H groups in total. The monoisotopic (exact) mass is 126 g/mol. The van der Waals surface area contributed by atoms with Crippen molar-refractivity contribution in [2.45, 2.75) is 13.3 Å². The Morgan fingerprint density at radius 3 is 2.44 bits per heavy atom. The Balaban J connectivity index is 2.73. The van der Waals surface area contributed by atoms with Crippen LogP contribution < -0.4 is 0 Å². The molecule has 0 radical (unpaired) electrons. The SMILES string of the molecule is C=C[C@@]1(C(=O)O)C[C@@H]1C. The van der Waals surface area contributed by atoms with Gasteiger partial charge in [0.25, 0.3) is 0 Å². The van der Waals surface area contributed by atoms with E-state index in [0.29, 0.717) is 0 Å². The fourth-order valence-corrected chi connectivity index (χ4v) is 1.12. The van der Waals surface area contributed by atoms with Gasteiger partial charge in [0.15, 0.2) is 0 Å². The minimum atomic E-state index is -0.731. The van der Waals surface area contributed by atoms with Gasteiger partial charge in [-0.2, -0.15) is 0 Å². The molecule has 0 aromatic rings. The number of aliphatic carboxylic acids is 1. The smallest absolute Gasteiger partial charge is 0.313 e. The van der Waals surface area contributed by atoms with E-state index in [1.54, 1.807) is 6.08 Å². The minimum Gasteiger partial charge on any atom is -0.481 e. The summed E-state index contributed by atoms with van der Waals surface area (Å²) >= 11 is 0. The van der Waals surface area contributed by atoms with E-state index >= 15 is 0 Å². The zero-order chi connectivity index (χ0) is 7.07. The second-order valence-electron chi connectivity index (χ2n) is 2.65. The fourth-order valence-electron chi connectivity index (χ4n) is 1.12. The average molecular weight is 126 g/mol. The molecule has 0 spiro atoms. The van der Waals surface area contributed by atoms with E-state index in [4.69, 9.17) is 5.11 Å². The van der Waals surface area contributed by atoms with E-state index in [9.17, 15) is 4.79 Å². The van der Waals surface area contributed by atoms with Gasteiger partial charge < -0.3 is 5.11 Å². The van der Waals surface area contributed by atoms with Crippen molar-refractivity contribution in [1.82, 2.24) is 0 Å². The molecule has 0 aromatic carbocycles. The van der Waals surface area contributed by atoms with E-state index in [0.717, 1.165) is 6.42 Å². The summed E-state index contributed by atoms with van der Waals surface area (Å²) in [5.41, 5.74) is -0.569. The maximum absolute atomic E-state index is 10.5. The second kappa shape index (κ2) is 1.59. The highest BCUT2D eigenvalue weighted by Gasteiger charge is 2.55. The Morgan fingerprint density at radius 2 is 2.44 bits per heavy atom. The summed E-state index contributed by atoms with van der Waals surface area (Å²) in [5.74, 6) is -0.447. The van der Waals surface area contributed by atoms with Crippen LogP contribution in [0.25, 0.3) is 0 Å². The van der Waals surface area contributed by atoms with Gasteiger partial charge in [-0.05, 0) is 12.3 Å². The van der Waals surface area contributed by atoms with Crippen LogP contribution in [0, 0.1) is 11.3 Å². The molecule has 2 atom stereocenters. The Kier molecular flexibility index (Phi) is 1.12. The number of hydrogen-bond acceptors (Lipinski definition) is 1. The first-order chi connectivity index (χ1) is 4.13. The molecule has 9 heavy (non-hydrogen) atoms. The summed E-state index contributed by atoms with van der Waals surface area (Å²) in [6.07, 6.45) is 2.30. The summed E-state index contributed by atoms with van der Waals surface area (Å²) in [6, 6.07) is 0. The van der Waals surface area contributed by atoms with Crippen molar-refractivity contribution in [2.24, 2.45) is 11.3 Å². The van der Waals surface area contributed by atoms with Crippen molar-refractivity contribution in [1.29, 1.82) is 0 Å². The highest BCUT2D eigenvalue weighted by atomic mass is 16.4. The number of carboxylic acid groups (broad SMARTS) is 1. The predicted molar refractivity (Wildman–Crippen MR) is 34.0 cm³/mol. The van der Waals surface area contributed by atoms with Gasteiger partial charge in [-0.15, -0.1) is 6.58 Å². The van der Waals surface area contributed by atoms with E-state index in [-0.39, 0.29) is 5.92 Å². The summed E-state index contributed by atoms with van der Waals surface area (Å²) in [5, 5.41) is 8.60. The van der Waals surface area contributed by atoms with Crippen LogP contribution in [-0.2, 0) is 4.79 Å². The second-order valence-corrected chi connectivity index (χ2v) is 2.65. The zero-order valence-electron chi connectivity index (χ0n) is 5.42. The molecule has 50 valence electrons. The van der Waals surface area contributed by atoms with Crippen LogP contribution >= 0.6 is 0 Å². The Bertz CT molecular complexity index is 162. The van der Waals surface area contributed by atoms with Gasteiger partial charge in [0, 0.05) is 0 Å². The molecule has 0 aromatic heterocycles. The largest absolute Gasteiger partial charge is 0.481 e. The summed E-state index contributed by atoms with van der Waals surface area (Å²) in [7, 11) is 0. The average Bonchev–Trinajstić information content (AvgIpc) is 2.43. The topological polar surface area (TPSA) is 37.3 Å². The summed E-state index contributed by atoms with van der Waals surface area (Å²) < 4.78 is 0. The van der Waals surface area contributed by atoms with Crippen molar-refractivity contribution in [2.75, 3.05) is 0 Å². The standard InChI is InChI=1S/C7H10O2/c1-3-7(6(8)9)4-5(7)2/h3,5H,1,4H2,2H3,(H,8,9)/t5-,7+/m0/s1. The molecule has 1 aliphatic carbocycles. The van der Waals surface area contributed by atoms with Crippen molar-refractivity contribution < 1.29 is 9.90 Å². The first-order valence-corrected chi connectivity index (χ1v) is 3.00. The Morgan fingerprint density at radius 1 is 2.00 bits per heavy atom. The van der Waals surface area contributed by atoms with Gasteiger partial charge in [0.1, 0.15) is 0 Å². The molecule has 2 nitrogen and oxygen atoms in total.